The maximum absolute atomic E-state index is 12.9. The summed E-state index contributed by atoms with van der Waals surface area (Å²) < 4.78 is 1.90. The van der Waals surface area contributed by atoms with Gasteiger partial charge in [-0.1, -0.05) is 53.7 Å². The van der Waals surface area contributed by atoms with Gasteiger partial charge in [-0.25, -0.2) is 0 Å². The fourth-order valence-electron chi connectivity index (χ4n) is 4.23. The number of anilines is 1. The third kappa shape index (κ3) is 6.15. The molecule has 1 aliphatic rings. The van der Waals surface area contributed by atoms with Crippen LogP contribution >= 0.6 is 11.8 Å². The summed E-state index contributed by atoms with van der Waals surface area (Å²) in [7, 11) is 0. The molecule has 4 rings (SSSR count). The van der Waals surface area contributed by atoms with Gasteiger partial charge in [0.2, 0.25) is 5.91 Å². The first-order chi connectivity index (χ1) is 17.5. The largest absolute Gasteiger partial charge is 0.368 e. The van der Waals surface area contributed by atoms with Gasteiger partial charge in [0.25, 0.3) is 5.91 Å². The molecule has 1 atom stereocenters. The van der Waals surface area contributed by atoms with Crippen LogP contribution < -0.4 is 10.2 Å². The highest BCUT2D eigenvalue weighted by atomic mass is 32.2. The van der Waals surface area contributed by atoms with Crippen molar-refractivity contribution in [3.63, 3.8) is 0 Å². The highest BCUT2D eigenvalue weighted by Gasteiger charge is 2.24. The van der Waals surface area contributed by atoms with Crippen LogP contribution in [0.4, 0.5) is 5.69 Å². The predicted octanol–water partition coefficient (Wildman–Crippen LogP) is 3.70. The fourth-order valence-corrected chi connectivity index (χ4v) is 5.09. The maximum atomic E-state index is 12.9. The molecular weight excluding hydrogens is 472 g/mol. The molecule has 0 spiro atoms. The van der Waals surface area contributed by atoms with Crippen LogP contribution in [0.25, 0.3) is 0 Å². The number of amides is 2. The predicted molar refractivity (Wildman–Crippen MR) is 143 cm³/mol. The topological polar surface area (TPSA) is 83.4 Å². The lowest BCUT2D eigenvalue weighted by Gasteiger charge is -2.36. The van der Waals surface area contributed by atoms with Gasteiger partial charge in [-0.2, -0.15) is 0 Å². The third-order valence-corrected chi connectivity index (χ3v) is 7.10. The van der Waals surface area contributed by atoms with Gasteiger partial charge in [0.1, 0.15) is 0 Å². The summed E-state index contributed by atoms with van der Waals surface area (Å²) in [6.45, 7) is 11.2. The summed E-state index contributed by atoms with van der Waals surface area (Å²) in [5.74, 6) is 0.828. The molecule has 1 N–H and O–H groups in total. The number of benzene rings is 2. The molecule has 1 fully saturated rings. The van der Waals surface area contributed by atoms with Crippen LogP contribution in [0.15, 0.2) is 72.4 Å². The lowest BCUT2D eigenvalue weighted by atomic mass is 10.1. The number of aryl methyl sites for hydroxylation is 1. The average Bonchev–Trinajstić information content (AvgIpc) is 3.30. The molecule has 36 heavy (non-hydrogen) atoms. The number of carbonyl (C=O) groups is 2. The summed E-state index contributed by atoms with van der Waals surface area (Å²) >= 11 is 1.37. The maximum Gasteiger partial charge on any atom is 0.251 e. The second-order valence-electron chi connectivity index (χ2n) is 8.80. The Morgan fingerprint density at radius 3 is 2.53 bits per heavy atom. The van der Waals surface area contributed by atoms with Gasteiger partial charge in [0.05, 0.1) is 11.8 Å². The van der Waals surface area contributed by atoms with E-state index in [2.05, 4.69) is 39.1 Å². The number of hydrogen-bond acceptors (Lipinski definition) is 6. The van der Waals surface area contributed by atoms with E-state index < -0.39 is 0 Å². The normalized spacial score (nSPS) is 14.4. The van der Waals surface area contributed by atoms with Crippen LogP contribution in [-0.4, -0.2) is 63.4 Å². The van der Waals surface area contributed by atoms with Crippen LogP contribution in [-0.2, 0) is 11.3 Å². The zero-order chi connectivity index (χ0) is 25.5. The molecule has 2 aromatic carbocycles. The highest BCUT2D eigenvalue weighted by Crippen LogP contribution is 2.22. The summed E-state index contributed by atoms with van der Waals surface area (Å²) in [5, 5.41) is 12.3. The van der Waals surface area contributed by atoms with Gasteiger partial charge < -0.3 is 19.7 Å². The molecule has 0 unspecified atom stereocenters. The molecule has 8 nitrogen and oxygen atoms in total. The van der Waals surface area contributed by atoms with Crippen molar-refractivity contribution in [2.45, 2.75) is 31.6 Å². The number of carbonyl (C=O) groups excluding carboxylic acids is 2. The van der Waals surface area contributed by atoms with Crippen LogP contribution in [0.1, 0.15) is 34.7 Å². The van der Waals surface area contributed by atoms with Crippen molar-refractivity contribution in [3.05, 3.63) is 84.2 Å². The molecule has 0 saturated carbocycles. The smallest absolute Gasteiger partial charge is 0.251 e. The lowest BCUT2D eigenvalue weighted by molar-refractivity contribution is -0.128. The van der Waals surface area contributed by atoms with Crippen molar-refractivity contribution in [3.8, 4) is 0 Å². The van der Waals surface area contributed by atoms with Crippen molar-refractivity contribution >= 4 is 29.3 Å². The van der Waals surface area contributed by atoms with Crippen molar-refractivity contribution in [2.75, 3.05) is 36.8 Å². The number of rotatable bonds is 9. The van der Waals surface area contributed by atoms with E-state index in [4.69, 9.17) is 0 Å². The van der Waals surface area contributed by atoms with Crippen LogP contribution in [0, 0.1) is 6.92 Å². The van der Waals surface area contributed by atoms with Crippen LogP contribution in [0.2, 0.25) is 0 Å². The van der Waals surface area contributed by atoms with E-state index in [1.807, 2.05) is 59.7 Å². The van der Waals surface area contributed by atoms with Crippen molar-refractivity contribution in [2.24, 2.45) is 0 Å². The van der Waals surface area contributed by atoms with E-state index in [0.29, 0.717) is 36.2 Å². The summed E-state index contributed by atoms with van der Waals surface area (Å²) in [4.78, 5) is 29.8. The molecule has 1 saturated heterocycles. The number of aromatic nitrogens is 3. The number of nitrogens with zero attached hydrogens (tertiary/aromatic N) is 5. The lowest BCUT2D eigenvalue weighted by Crippen LogP contribution is -2.49. The standard InChI is InChI=1S/C27H32N6O2S/c1-4-13-33-25(21(3)28-26(35)22-10-8-9-20(2)18-22)29-30-27(33)36-19-24(34)32-16-14-31(15-17-32)23-11-6-5-7-12-23/h4-12,18,21H,1,13-17,19H2,2-3H3,(H,28,35)/t21-/m0/s1. The fraction of sp³-hybridized carbons (Fsp3) is 0.333. The van der Waals surface area contributed by atoms with Crippen LogP contribution in [0.3, 0.4) is 0 Å². The molecule has 188 valence electrons. The van der Waals surface area contributed by atoms with Gasteiger partial charge in [0.15, 0.2) is 11.0 Å². The summed E-state index contributed by atoms with van der Waals surface area (Å²) in [6.07, 6.45) is 1.76. The Labute approximate surface area is 216 Å². The Bertz CT molecular complexity index is 1200. The molecule has 9 heteroatoms. The molecule has 2 heterocycles. The highest BCUT2D eigenvalue weighted by molar-refractivity contribution is 7.99. The Kier molecular flexibility index (Phi) is 8.43. The second kappa shape index (κ2) is 11.9. The SMILES string of the molecule is C=CCn1c(SCC(=O)N2CCN(c3ccccc3)CC2)nnc1[C@H](C)NC(=O)c1cccc(C)c1. The van der Waals surface area contributed by atoms with Crippen LogP contribution in [0.5, 0.6) is 0 Å². The zero-order valence-electron chi connectivity index (χ0n) is 20.8. The van der Waals surface area contributed by atoms with Gasteiger partial charge in [-0.15, -0.1) is 16.8 Å². The number of piperazine rings is 1. The van der Waals surface area contributed by atoms with E-state index in [-0.39, 0.29) is 23.6 Å². The molecule has 3 aromatic rings. The molecule has 1 aliphatic heterocycles. The minimum Gasteiger partial charge on any atom is -0.368 e. The Hall–Kier alpha value is -3.59. The van der Waals surface area contributed by atoms with Gasteiger partial charge in [0, 0.05) is 44.0 Å². The van der Waals surface area contributed by atoms with E-state index in [1.54, 1.807) is 12.1 Å². The Morgan fingerprint density at radius 1 is 1.08 bits per heavy atom. The van der Waals surface area contributed by atoms with Crippen molar-refractivity contribution in [1.29, 1.82) is 0 Å². The van der Waals surface area contributed by atoms with E-state index in [1.165, 1.54) is 17.4 Å². The Balaban J connectivity index is 1.35. The minimum absolute atomic E-state index is 0.0863. The molecular formula is C27H32N6O2S. The first kappa shape index (κ1) is 25.5. The first-order valence-electron chi connectivity index (χ1n) is 12.1. The third-order valence-electron chi connectivity index (χ3n) is 6.15. The Morgan fingerprint density at radius 2 is 1.83 bits per heavy atom. The molecule has 1 aromatic heterocycles. The number of thioether (sulfide) groups is 1. The monoisotopic (exact) mass is 504 g/mol. The zero-order valence-corrected chi connectivity index (χ0v) is 21.6. The first-order valence-corrected chi connectivity index (χ1v) is 13.1. The number of para-hydroxylation sites is 1. The summed E-state index contributed by atoms with van der Waals surface area (Å²) in [6, 6.07) is 17.4. The number of nitrogens with one attached hydrogen (secondary N) is 1. The summed E-state index contributed by atoms with van der Waals surface area (Å²) in [5.41, 5.74) is 2.81. The number of allylic oxidation sites excluding steroid dienone is 1. The van der Waals surface area contributed by atoms with Crippen molar-refractivity contribution < 1.29 is 9.59 Å². The average molecular weight is 505 g/mol. The van der Waals surface area contributed by atoms with Gasteiger partial charge >= 0.3 is 0 Å². The van der Waals surface area contributed by atoms with Gasteiger partial charge in [-0.3, -0.25) is 9.59 Å². The minimum atomic E-state index is -0.360. The molecule has 2 amide bonds. The number of hydrogen-bond donors (Lipinski definition) is 1. The molecule has 0 aliphatic carbocycles. The van der Waals surface area contributed by atoms with Crippen molar-refractivity contribution in [1.82, 2.24) is 25.0 Å². The van der Waals surface area contributed by atoms with E-state index in [9.17, 15) is 9.59 Å². The van der Waals surface area contributed by atoms with Gasteiger partial charge in [-0.05, 0) is 38.1 Å². The van der Waals surface area contributed by atoms with E-state index >= 15 is 0 Å². The second-order valence-corrected chi connectivity index (χ2v) is 9.74. The molecule has 0 radical (unpaired) electrons. The molecule has 0 bridgehead atoms. The quantitative estimate of drug-likeness (QED) is 0.353. The van der Waals surface area contributed by atoms with E-state index in [0.717, 1.165) is 18.7 Å².